The summed E-state index contributed by atoms with van der Waals surface area (Å²) in [5, 5.41) is 11.4. The summed E-state index contributed by atoms with van der Waals surface area (Å²) in [6.45, 7) is 0. The first-order valence-corrected chi connectivity index (χ1v) is 6.56. The molecule has 0 bridgehead atoms. The number of aliphatic hydroxyl groups is 1. The van der Waals surface area contributed by atoms with Gasteiger partial charge in [-0.25, -0.2) is 8.78 Å². The van der Waals surface area contributed by atoms with E-state index in [0.717, 1.165) is 5.39 Å². The van der Waals surface area contributed by atoms with E-state index in [9.17, 15) is 13.9 Å². The van der Waals surface area contributed by atoms with Crippen LogP contribution in [0.5, 0.6) is 0 Å². The highest BCUT2D eigenvalue weighted by Crippen LogP contribution is 2.29. The summed E-state index contributed by atoms with van der Waals surface area (Å²) in [6.07, 6.45) is -1.89. The molecule has 0 radical (unpaired) electrons. The maximum absolute atomic E-state index is 12.8. The van der Waals surface area contributed by atoms with Gasteiger partial charge in [0.2, 0.25) is 0 Å². The molecule has 1 N–H and O–H groups in total. The van der Waals surface area contributed by atoms with Crippen LogP contribution in [0.1, 0.15) is 29.2 Å². The molecule has 1 atom stereocenters. The molecule has 3 rings (SSSR count). The molecular weight excluding hydrogens is 272 g/mol. The Morgan fingerprint density at radius 3 is 2.43 bits per heavy atom. The SMILES string of the molecule is OC(c1cccc(C(F)F)c1)c1cccc2cccnc12. The topological polar surface area (TPSA) is 33.1 Å². The van der Waals surface area contributed by atoms with Crippen LogP contribution in [0.4, 0.5) is 8.78 Å². The Hall–Kier alpha value is -2.33. The number of aromatic nitrogens is 1. The Morgan fingerprint density at radius 2 is 1.62 bits per heavy atom. The molecule has 106 valence electrons. The van der Waals surface area contributed by atoms with Gasteiger partial charge in [-0.1, -0.05) is 42.5 Å². The molecule has 0 spiro atoms. The summed E-state index contributed by atoms with van der Waals surface area (Å²) in [7, 11) is 0. The monoisotopic (exact) mass is 285 g/mol. The summed E-state index contributed by atoms with van der Waals surface area (Å²) in [5.41, 5.74) is 1.63. The zero-order valence-corrected chi connectivity index (χ0v) is 11.1. The Labute approximate surface area is 120 Å². The molecule has 0 aliphatic carbocycles. The number of halogens is 2. The molecule has 1 aromatic heterocycles. The van der Waals surface area contributed by atoms with E-state index in [1.807, 2.05) is 24.3 Å². The van der Waals surface area contributed by atoms with E-state index >= 15 is 0 Å². The lowest BCUT2D eigenvalue weighted by atomic mass is 9.97. The van der Waals surface area contributed by atoms with Gasteiger partial charge in [-0.3, -0.25) is 4.98 Å². The second-order valence-electron chi connectivity index (χ2n) is 4.80. The summed E-state index contributed by atoms with van der Waals surface area (Å²) in [4.78, 5) is 4.28. The van der Waals surface area contributed by atoms with E-state index in [0.29, 0.717) is 16.6 Å². The van der Waals surface area contributed by atoms with Crippen molar-refractivity contribution in [2.75, 3.05) is 0 Å². The minimum atomic E-state index is -2.55. The fraction of sp³-hybridized carbons (Fsp3) is 0.118. The van der Waals surface area contributed by atoms with Crippen molar-refractivity contribution in [1.29, 1.82) is 0 Å². The van der Waals surface area contributed by atoms with Crippen LogP contribution in [0.25, 0.3) is 10.9 Å². The average molecular weight is 285 g/mol. The zero-order valence-electron chi connectivity index (χ0n) is 11.1. The molecule has 1 heterocycles. The van der Waals surface area contributed by atoms with Crippen molar-refractivity contribution in [2.24, 2.45) is 0 Å². The van der Waals surface area contributed by atoms with E-state index in [1.54, 1.807) is 18.3 Å². The van der Waals surface area contributed by atoms with E-state index in [-0.39, 0.29) is 5.56 Å². The zero-order chi connectivity index (χ0) is 14.8. The molecule has 2 nitrogen and oxygen atoms in total. The molecule has 0 aliphatic rings. The molecule has 0 aliphatic heterocycles. The Morgan fingerprint density at radius 1 is 0.905 bits per heavy atom. The first-order valence-electron chi connectivity index (χ1n) is 6.56. The number of nitrogens with zero attached hydrogens (tertiary/aromatic N) is 1. The minimum Gasteiger partial charge on any atom is -0.384 e. The number of hydrogen-bond donors (Lipinski definition) is 1. The highest BCUT2D eigenvalue weighted by atomic mass is 19.3. The van der Waals surface area contributed by atoms with Crippen LogP contribution in [0.15, 0.2) is 60.8 Å². The number of para-hydroxylation sites is 1. The van der Waals surface area contributed by atoms with Crippen LogP contribution >= 0.6 is 0 Å². The number of fused-ring (bicyclic) bond motifs is 1. The van der Waals surface area contributed by atoms with E-state index in [2.05, 4.69) is 4.98 Å². The normalized spacial score (nSPS) is 12.8. The lowest BCUT2D eigenvalue weighted by Crippen LogP contribution is -2.02. The number of hydrogen-bond acceptors (Lipinski definition) is 2. The van der Waals surface area contributed by atoms with Crippen molar-refractivity contribution in [3.05, 3.63) is 77.5 Å². The summed E-state index contributed by atoms with van der Waals surface area (Å²) in [6, 6.07) is 15.0. The molecule has 0 amide bonds. The van der Waals surface area contributed by atoms with E-state index < -0.39 is 12.5 Å². The van der Waals surface area contributed by atoms with Gasteiger partial charge in [0.15, 0.2) is 0 Å². The quantitative estimate of drug-likeness (QED) is 0.780. The third-order valence-electron chi connectivity index (χ3n) is 3.44. The third-order valence-corrected chi connectivity index (χ3v) is 3.44. The second-order valence-corrected chi connectivity index (χ2v) is 4.80. The number of alkyl halides is 2. The van der Waals surface area contributed by atoms with E-state index in [1.165, 1.54) is 18.2 Å². The third kappa shape index (κ3) is 2.62. The highest BCUT2D eigenvalue weighted by Gasteiger charge is 2.16. The maximum atomic E-state index is 12.8. The number of aliphatic hydroxyl groups excluding tert-OH is 1. The minimum absolute atomic E-state index is 0.0975. The predicted molar refractivity (Wildman–Crippen MR) is 77.2 cm³/mol. The van der Waals surface area contributed by atoms with Crippen molar-refractivity contribution >= 4 is 10.9 Å². The second kappa shape index (κ2) is 5.58. The first kappa shape index (κ1) is 13.6. The van der Waals surface area contributed by atoms with Crippen molar-refractivity contribution in [3.8, 4) is 0 Å². The Kier molecular flexibility index (Phi) is 3.62. The van der Waals surface area contributed by atoms with Gasteiger partial charge >= 0.3 is 0 Å². The van der Waals surface area contributed by atoms with Gasteiger partial charge in [-0.15, -0.1) is 0 Å². The first-order chi connectivity index (χ1) is 10.2. The molecule has 0 saturated heterocycles. The predicted octanol–water partition coefficient (Wildman–Crippen LogP) is 4.25. The van der Waals surface area contributed by atoms with Crippen LogP contribution in [0, 0.1) is 0 Å². The molecule has 1 unspecified atom stereocenters. The molecule has 21 heavy (non-hydrogen) atoms. The van der Waals surface area contributed by atoms with Gasteiger partial charge in [0.05, 0.1) is 5.52 Å². The maximum Gasteiger partial charge on any atom is 0.263 e. The summed E-state index contributed by atoms with van der Waals surface area (Å²) < 4.78 is 25.5. The molecule has 4 heteroatoms. The van der Waals surface area contributed by atoms with Crippen molar-refractivity contribution in [2.45, 2.75) is 12.5 Å². The van der Waals surface area contributed by atoms with Crippen molar-refractivity contribution in [1.82, 2.24) is 4.98 Å². The smallest absolute Gasteiger partial charge is 0.263 e. The Balaban J connectivity index is 2.08. The largest absolute Gasteiger partial charge is 0.384 e. The van der Waals surface area contributed by atoms with Gasteiger partial charge in [-0.05, 0) is 17.7 Å². The molecular formula is C17H13F2NO. The number of benzene rings is 2. The van der Waals surface area contributed by atoms with E-state index in [4.69, 9.17) is 0 Å². The fourth-order valence-electron chi connectivity index (χ4n) is 2.39. The summed E-state index contributed by atoms with van der Waals surface area (Å²) in [5.74, 6) is 0. The summed E-state index contributed by atoms with van der Waals surface area (Å²) >= 11 is 0. The molecule has 0 fully saturated rings. The molecule has 0 saturated carbocycles. The average Bonchev–Trinajstić information content (AvgIpc) is 2.53. The van der Waals surface area contributed by atoms with Crippen LogP contribution in [-0.4, -0.2) is 10.1 Å². The fourth-order valence-corrected chi connectivity index (χ4v) is 2.39. The van der Waals surface area contributed by atoms with Gasteiger partial charge in [0, 0.05) is 22.7 Å². The van der Waals surface area contributed by atoms with Gasteiger partial charge in [-0.2, -0.15) is 0 Å². The highest BCUT2D eigenvalue weighted by molar-refractivity contribution is 5.82. The van der Waals surface area contributed by atoms with Crippen LogP contribution in [-0.2, 0) is 0 Å². The Bertz CT molecular complexity index is 768. The molecule has 2 aromatic carbocycles. The standard InChI is InChI=1S/C17H13F2NO/c18-17(19)13-6-1-5-12(10-13)16(21)14-8-2-4-11-7-3-9-20-15(11)14/h1-10,16-17,21H. The number of rotatable bonds is 3. The van der Waals surface area contributed by atoms with Gasteiger partial charge in [0.25, 0.3) is 6.43 Å². The van der Waals surface area contributed by atoms with Gasteiger partial charge in [0.1, 0.15) is 6.10 Å². The van der Waals surface area contributed by atoms with Crippen molar-refractivity contribution in [3.63, 3.8) is 0 Å². The van der Waals surface area contributed by atoms with Crippen LogP contribution in [0.2, 0.25) is 0 Å². The molecule has 3 aromatic rings. The van der Waals surface area contributed by atoms with Crippen molar-refractivity contribution < 1.29 is 13.9 Å². The van der Waals surface area contributed by atoms with Gasteiger partial charge < -0.3 is 5.11 Å². The number of pyridine rings is 1. The lowest BCUT2D eigenvalue weighted by Gasteiger charge is -2.14. The van der Waals surface area contributed by atoms with Crippen LogP contribution < -0.4 is 0 Å². The lowest BCUT2D eigenvalue weighted by molar-refractivity contribution is 0.150. The van der Waals surface area contributed by atoms with Crippen LogP contribution in [0.3, 0.4) is 0 Å².